The van der Waals surface area contributed by atoms with Crippen molar-refractivity contribution in [2.75, 3.05) is 0 Å². The third-order valence-electron chi connectivity index (χ3n) is 1.20. The molecule has 0 aromatic carbocycles. The zero-order valence-corrected chi connectivity index (χ0v) is 8.21. The summed E-state index contributed by atoms with van der Waals surface area (Å²) in [5.74, 6) is 0. The summed E-state index contributed by atoms with van der Waals surface area (Å²) in [6.07, 6.45) is 0. The molecule has 5 heteroatoms. The van der Waals surface area contributed by atoms with E-state index in [1.54, 1.807) is 17.5 Å². The molecule has 62 valence electrons. The second-order valence-electron chi connectivity index (χ2n) is 2.02. The van der Waals surface area contributed by atoms with Gasteiger partial charge < -0.3 is 0 Å². The van der Waals surface area contributed by atoms with Crippen LogP contribution in [-0.2, 0) is 9.84 Å². The third kappa shape index (κ3) is 1.75. The Labute approximate surface area is 74.7 Å². The van der Waals surface area contributed by atoms with E-state index >= 15 is 0 Å². The lowest BCUT2D eigenvalue weighted by atomic mass is 10.7. The zero-order valence-electron chi connectivity index (χ0n) is 5.82. The lowest BCUT2D eigenvalue weighted by molar-refractivity contribution is 0.596. The third-order valence-corrected chi connectivity index (χ3v) is 5.11. The number of hydrogen-bond acceptors (Lipinski definition) is 3. The van der Waals surface area contributed by atoms with Gasteiger partial charge in [0.1, 0.15) is 8.92 Å². The molecule has 1 rings (SSSR count). The van der Waals surface area contributed by atoms with Gasteiger partial charge in [-0.3, -0.25) is 0 Å². The van der Waals surface area contributed by atoms with Gasteiger partial charge in [-0.05, 0) is 18.4 Å². The van der Waals surface area contributed by atoms with E-state index in [1.807, 2.05) is 0 Å². The van der Waals surface area contributed by atoms with Crippen LogP contribution in [-0.4, -0.2) is 13.1 Å². The molecule has 1 aromatic rings. The second-order valence-corrected chi connectivity index (χ2v) is 6.38. The van der Waals surface area contributed by atoms with Gasteiger partial charge in [0.25, 0.3) is 0 Å². The van der Waals surface area contributed by atoms with E-state index in [-0.39, 0.29) is 0 Å². The molecule has 0 saturated heterocycles. The average molecular weight is 211 g/mol. The summed E-state index contributed by atoms with van der Waals surface area (Å²) in [7, 11) is -3.25. The van der Waals surface area contributed by atoms with Crippen LogP contribution in [0, 0.1) is 0 Å². The molecule has 1 unspecified atom stereocenters. The summed E-state index contributed by atoms with van der Waals surface area (Å²) >= 11 is 6.67. The van der Waals surface area contributed by atoms with Crippen LogP contribution in [0.1, 0.15) is 6.92 Å². The zero-order chi connectivity index (χ0) is 8.48. The average Bonchev–Trinajstić information content (AvgIpc) is 2.37. The van der Waals surface area contributed by atoms with E-state index in [4.69, 9.17) is 11.6 Å². The largest absolute Gasteiger partial charge is 0.221 e. The van der Waals surface area contributed by atoms with Gasteiger partial charge in [0.15, 0.2) is 0 Å². The summed E-state index contributed by atoms with van der Waals surface area (Å²) < 4.78 is 22.0. The molecule has 0 aliphatic carbocycles. The number of halogens is 1. The first-order valence-electron chi connectivity index (χ1n) is 2.96. The Bertz CT molecular complexity index is 312. The monoisotopic (exact) mass is 210 g/mol. The van der Waals surface area contributed by atoms with Crippen molar-refractivity contribution in [3.63, 3.8) is 0 Å². The van der Waals surface area contributed by atoms with E-state index in [1.165, 1.54) is 18.3 Å². The number of rotatable bonds is 2. The van der Waals surface area contributed by atoms with Crippen LogP contribution in [0.2, 0.25) is 0 Å². The maximum absolute atomic E-state index is 11.3. The van der Waals surface area contributed by atoms with Gasteiger partial charge in [-0.2, -0.15) is 0 Å². The number of sulfone groups is 1. The van der Waals surface area contributed by atoms with Crippen LogP contribution in [0.3, 0.4) is 0 Å². The predicted molar refractivity (Wildman–Crippen MR) is 46.8 cm³/mol. The Balaban J connectivity index is 3.12. The van der Waals surface area contributed by atoms with E-state index in [0.717, 1.165) is 0 Å². The molecule has 0 bridgehead atoms. The minimum atomic E-state index is -3.25. The molecule has 1 atom stereocenters. The van der Waals surface area contributed by atoms with Crippen LogP contribution in [0.5, 0.6) is 0 Å². The Morgan fingerprint density at radius 3 is 2.64 bits per heavy atom. The molecule has 0 aliphatic rings. The fourth-order valence-corrected chi connectivity index (χ4v) is 3.20. The molecule has 0 fully saturated rings. The minimum Gasteiger partial charge on any atom is -0.221 e. The van der Waals surface area contributed by atoms with Crippen LogP contribution in [0.4, 0.5) is 0 Å². The molecule has 2 nitrogen and oxygen atoms in total. The minimum absolute atomic E-state index is 0.333. The normalized spacial score (nSPS) is 14.7. The highest BCUT2D eigenvalue weighted by Gasteiger charge is 2.21. The lowest BCUT2D eigenvalue weighted by Gasteiger charge is -2.00. The van der Waals surface area contributed by atoms with Crippen molar-refractivity contribution < 1.29 is 8.42 Å². The molecule has 0 saturated carbocycles. The van der Waals surface area contributed by atoms with Crippen molar-refractivity contribution in [3.05, 3.63) is 17.5 Å². The van der Waals surface area contributed by atoms with Crippen molar-refractivity contribution in [2.45, 2.75) is 15.8 Å². The first-order chi connectivity index (χ1) is 5.05. The molecular weight excluding hydrogens is 204 g/mol. The molecule has 0 aliphatic heterocycles. The first kappa shape index (κ1) is 9.03. The van der Waals surface area contributed by atoms with Crippen molar-refractivity contribution in [1.29, 1.82) is 0 Å². The SMILES string of the molecule is CC(Cl)S(=O)(=O)c1cccs1. The van der Waals surface area contributed by atoms with Crippen molar-refractivity contribution in [1.82, 2.24) is 0 Å². The summed E-state index contributed by atoms with van der Waals surface area (Å²) in [4.78, 5) is 0. The van der Waals surface area contributed by atoms with E-state index in [0.29, 0.717) is 4.21 Å². The summed E-state index contributed by atoms with van der Waals surface area (Å²) in [5, 5.41) is 1.71. The highest BCUT2D eigenvalue weighted by molar-refractivity contribution is 7.95. The van der Waals surface area contributed by atoms with Gasteiger partial charge in [0, 0.05) is 0 Å². The quantitative estimate of drug-likeness (QED) is 0.701. The fraction of sp³-hybridized carbons (Fsp3) is 0.333. The fourth-order valence-electron chi connectivity index (χ4n) is 0.585. The summed E-state index contributed by atoms with van der Waals surface area (Å²) in [5.41, 5.74) is 0. The van der Waals surface area contributed by atoms with E-state index in [2.05, 4.69) is 0 Å². The number of thiophene rings is 1. The number of hydrogen-bond donors (Lipinski definition) is 0. The smallest absolute Gasteiger partial charge is 0.204 e. The van der Waals surface area contributed by atoms with E-state index < -0.39 is 14.5 Å². The van der Waals surface area contributed by atoms with Crippen molar-refractivity contribution >= 4 is 32.8 Å². The first-order valence-corrected chi connectivity index (χ1v) is 5.83. The van der Waals surface area contributed by atoms with Gasteiger partial charge in [0.05, 0.1) is 0 Å². The van der Waals surface area contributed by atoms with Crippen molar-refractivity contribution in [3.8, 4) is 0 Å². The Morgan fingerprint density at radius 2 is 2.27 bits per heavy atom. The summed E-state index contributed by atoms with van der Waals surface area (Å²) in [6.45, 7) is 1.45. The Kier molecular flexibility index (Phi) is 2.57. The van der Waals surface area contributed by atoms with Gasteiger partial charge >= 0.3 is 0 Å². The maximum atomic E-state index is 11.3. The number of alkyl halides is 1. The molecular formula is C6H7ClO2S2. The van der Waals surface area contributed by atoms with Crippen LogP contribution >= 0.6 is 22.9 Å². The van der Waals surface area contributed by atoms with Gasteiger partial charge in [-0.1, -0.05) is 6.07 Å². The van der Waals surface area contributed by atoms with Gasteiger partial charge in [0.2, 0.25) is 9.84 Å². The summed E-state index contributed by atoms with van der Waals surface area (Å²) in [6, 6.07) is 3.25. The maximum Gasteiger partial charge on any atom is 0.204 e. The molecule has 1 heterocycles. The lowest BCUT2D eigenvalue weighted by Crippen LogP contribution is -2.09. The van der Waals surface area contributed by atoms with Gasteiger partial charge in [-0.15, -0.1) is 22.9 Å². The van der Waals surface area contributed by atoms with Crippen LogP contribution < -0.4 is 0 Å². The highest BCUT2D eigenvalue weighted by Crippen LogP contribution is 2.22. The highest BCUT2D eigenvalue weighted by atomic mass is 35.5. The van der Waals surface area contributed by atoms with Crippen LogP contribution in [0.25, 0.3) is 0 Å². The molecule has 0 amide bonds. The van der Waals surface area contributed by atoms with E-state index in [9.17, 15) is 8.42 Å². The Hall–Kier alpha value is -0.0600. The Morgan fingerprint density at radius 1 is 1.64 bits per heavy atom. The molecule has 0 radical (unpaired) electrons. The molecule has 1 aromatic heterocycles. The molecule has 0 N–H and O–H groups in total. The predicted octanol–water partition coefficient (Wildman–Crippen LogP) is 2.11. The molecule has 11 heavy (non-hydrogen) atoms. The molecule has 0 spiro atoms. The van der Waals surface area contributed by atoms with Crippen LogP contribution in [0.15, 0.2) is 21.7 Å². The van der Waals surface area contributed by atoms with Crippen molar-refractivity contribution in [2.24, 2.45) is 0 Å². The standard InChI is InChI=1S/C6H7ClO2S2/c1-5(7)11(8,9)6-3-2-4-10-6/h2-5H,1H3. The van der Waals surface area contributed by atoms with Gasteiger partial charge in [-0.25, -0.2) is 8.42 Å². The topological polar surface area (TPSA) is 34.1 Å². The second kappa shape index (κ2) is 3.13.